The molecule has 0 aliphatic rings. The molecule has 0 aliphatic carbocycles. The number of aromatic nitrogens is 2. The Bertz CT molecular complexity index is 767. The van der Waals surface area contributed by atoms with Crippen molar-refractivity contribution in [3.63, 3.8) is 0 Å². The summed E-state index contributed by atoms with van der Waals surface area (Å²) < 4.78 is 1.95. The molecule has 0 atom stereocenters. The Morgan fingerprint density at radius 3 is 2.95 bits per heavy atom. The molecule has 5 heteroatoms. The predicted octanol–water partition coefficient (Wildman–Crippen LogP) is 4.17. The van der Waals surface area contributed by atoms with E-state index in [2.05, 4.69) is 11.1 Å². The van der Waals surface area contributed by atoms with Crippen LogP contribution in [0.15, 0.2) is 47.6 Å². The van der Waals surface area contributed by atoms with Gasteiger partial charge >= 0.3 is 0 Å². The summed E-state index contributed by atoms with van der Waals surface area (Å²) in [5.74, 6) is 0.809. The Balaban J connectivity index is 1.81. The number of hydrogen-bond acceptors (Lipinski definition) is 3. The van der Waals surface area contributed by atoms with Gasteiger partial charge in [0.15, 0.2) is 0 Å². The summed E-state index contributed by atoms with van der Waals surface area (Å²) in [6.45, 7) is 2.04. The molecule has 0 saturated carbocycles. The second kappa shape index (κ2) is 5.38. The van der Waals surface area contributed by atoms with Crippen LogP contribution >= 0.6 is 23.4 Å². The van der Waals surface area contributed by atoms with Gasteiger partial charge in [-0.1, -0.05) is 17.7 Å². The monoisotopic (exact) mass is 303 g/mol. The Hall–Kier alpha value is -1.65. The Kier molecular flexibility index (Phi) is 3.59. The molecule has 0 fully saturated rings. The van der Waals surface area contributed by atoms with Crippen molar-refractivity contribution in [1.29, 1.82) is 0 Å². The van der Waals surface area contributed by atoms with E-state index in [1.54, 1.807) is 11.8 Å². The number of rotatable bonds is 3. The van der Waals surface area contributed by atoms with Crippen molar-refractivity contribution in [3.05, 3.63) is 59.0 Å². The predicted molar refractivity (Wildman–Crippen MR) is 85.4 cm³/mol. The fraction of sp³-hybridized carbons (Fsp3) is 0.133. The lowest BCUT2D eigenvalue weighted by atomic mass is 10.2. The van der Waals surface area contributed by atoms with E-state index in [1.807, 2.05) is 48.0 Å². The van der Waals surface area contributed by atoms with Crippen molar-refractivity contribution in [2.45, 2.75) is 17.6 Å². The second-order valence-electron chi connectivity index (χ2n) is 4.60. The molecule has 1 aromatic carbocycles. The Morgan fingerprint density at radius 1 is 1.25 bits per heavy atom. The van der Waals surface area contributed by atoms with E-state index in [1.165, 1.54) is 4.90 Å². The van der Waals surface area contributed by atoms with Crippen LogP contribution in [-0.2, 0) is 5.75 Å². The molecule has 2 aromatic heterocycles. The van der Waals surface area contributed by atoms with E-state index < -0.39 is 0 Å². The number of thioether (sulfide) groups is 1. The zero-order chi connectivity index (χ0) is 14.1. The minimum atomic E-state index is 0.709. The van der Waals surface area contributed by atoms with Crippen LogP contribution in [0.5, 0.6) is 0 Å². The summed E-state index contributed by atoms with van der Waals surface area (Å²) in [7, 11) is 0. The molecule has 3 nitrogen and oxygen atoms in total. The molecule has 2 N–H and O–H groups in total. The summed E-state index contributed by atoms with van der Waals surface area (Å²) >= 11 is 7.72. The van der Waals surface area contributed by atoms with Crippen molar-refractivity contribution >= 4 is 34.7 Å². The van der Waals surface area contributed by atoms with Crippen molar-refractivity contribution in [2.75, 3.05) is 5.73 Å². The smallest absolute Gasteiger partial charge is 0.137 e. The SMILES string of the molecule is Cc1c(N)cccc1SCc1cn2cc(Cl)ccc2n1. The maximum Gasteiger partial charge on any atom is 0.137 e. The average Bonchev–Trinajstić information content (AvgIpc) is 2.82. The van der Waals surface area contributed by atoms with E-state index in [9.17, 15) is 0 Å². The van der Waals surface area contributed by atoms with E-state index >= 15 is 0 Å². The summed E-state index contributed by atoms with van der Waals surface area (Å²) in [5.41, 5.74) is 9.82. The lowest BCUT2D eigenvalue weighted by molar-refractivity contribution is 1.18. The highest BCUT2D eigenvalue weighted by Crippen LogP contribution is 2.28. The molecule has 0 radical (unpaired) electrons. The number of nitrogens with two attached hydrogens (primary N) is 1. The maximum absolute atomic E-state index is 5.97. The number of anilines is 1. The van der Waals surface area contributed by atoms with E-state index in [4.69, 9.17) is 17.3 Å². The molecule has 0 amide bonds. The molecule has 20 heavy (non-hydrogen) atoms. The van der Waals surface area contributed by atoms with Gasteiger partial charge in [-0.15, -0.1) is 11.8 Å². The second-order valence-corrected chi connectivity index (χ2v) is 6.06. The third-order valence-electron chi connectivity index (χ3n) is 3.17. The fourth-order valence-corrected chi connectivity index (χ4v) is 3.15. The molecular weight excluding hydrogens is 290 g/mol. The fourth-order valence-electron chi connectivity index (χ4n) is 2.03. The molecule has 3 aromatic rings. The minimum Gasteiger partial charge on any atom is -0.398 e. The van der Waals surface area contributed by atoms with Crippen LogP contribution in [0.3, 0.4) is 0 Å². The molecule has 102 valence electrons. The highest BCUT2D eigenvalue weighted by Gasteiger charge is 2.06. The first-order chi connectivity index (χ1) is 9.63. The number of nitrogen functional groups attached to an aromatic ring is 1. The first-order valence-corrected chi connectivity index (χ1v) is 7.61. The highest BCUT2D eigenvalue weighted by atomic mass is 35.5. The van der Waals surface area contributed by atoms with Crippen LogP contribution < -0.4 is 5.73 Å². The van der Waals surface area contributed by atoms with Crippen LogP contribution in [0, 0.1) is 6.92 Å². The van der Waals surface area contributed by atoms with Crippen LogP contribution in [0.2, 0.25) is 5.02 Å². The topological polar surface area (TPSA) is 43.3 Å². The molecule has 0 saturated heterocycles. The third-order valence-corrected chi connectivity index (χ3v) is 4.58. The van der Waals surface area contributed by atoms with Gasteiger partial charge in [-0.25, -0.2) is 4.98 Å². The summed E-state index contributed by atoms with van der Waals surface area (Å²) in [5, 5.41) is 0.709. The molecule has 0 spiro atoms. The normalized spacial score (nSPS) is 11.1. The quantitative estimate of drug-likeness (QED) is 0.583. The van der Waals surface area contributed by atoms with Gasteiger partial charge in [-0.05, 0) is 36.8 Å². The minimum absolute atomic E-state index is 0.709. The number of benzene rings is 1. The van der Waals surface area contributed by atoms with Gasteiger partial charge in [-0.3, -0.25) is 0 Å². The molecule has 2 heterocycles. The van der Waals surface area contributed by atoms with Gasteiger partial charge in [0.2, 0.25) is 0 Å². The summed E-state index contributed by atoms with van der Waals surface area (Å²) in [6, 6.07) is 9.76. The van der Waals surface area contributed by atoms with Crippen molar-refractivity contribution in [3.8, 4) is 0 Å². The van der Waals surface area contributed by atoms with E-state index in [0.29, 0.717) is 5.02 Å². The van der Waals surface area contributed by atoms with Gasteiger partial charge in [0.25, 0.3) is 0 Å². The number of imidazole rings is 1. The lowest BCUT2D eigenvalue weighted by Gasteiger charge is -2.06. The number of nitrogens with zero attached hydrogens (tertiary/aromatic N) is 2. The van der Waals surface area contributed by atoms with Crippen LogP contribution in [0.25, 0.3) is 5.65 Å². The summed E-state index contributed by atoms with van der Waals surface area (Å²) in [4.78, 5) is 5.77. The molecular formula is C15H14ClN3S. The first kappa shape index (κ1) is 13.3. The number of hydrogen-bond donors (Lipinski definition) is 1. The molecule has 0 unspecified atom stereocenters. The number of fused-ring (bicyclic) bond motifs is 1. The molecule has 0 bridgehead atoms. The largest absolute Gasteiger partial charge is 0.398 e. The number of halogens is 1. The van der Waals surface area contributed by atoms with Crippen molar-refractivity contribution in [1.82, 2.24) is 9.38 Å². The lowest BCUT2D eigenvalue weighted by Crippen LogP contribution is -1.91. The van der Waals surface area contributed by atoms with Crippen molar-refractivity contribution in [2.24, 2.45) is 0 Å². The first-order valence-electron chi connectivity index (χ1n) is 6.24. The van der Waals surface area contributed by atoms with E-state index in [0.717, 1.165) is 28.3 Å². The Labute approximate surface area is 126 Å². The molecule has 0 aliphatic heterocycles. The zero-order valence-electron chi connectivity index (χ0n) is 11.0. The van der Waals surface area contributed by atoms with Crippen LogP contribution in [0.1, 0.15) is 11.3 Å². The number of pyridine rings is 1. The average molecular weight is 304 g/mol. The highest BCUT2D eigenvalue weighted by molar-refractivity contribution is 7.98. The maximum atomic E-state index is 5.97. The van der Waals surface area contributed by atoms with Crippen LogP contribution in [-0.4, -0.2) is 9.38 Å². The van der Waals surface area contributed by atoms with Gasteiger partial charge < -0.3 is 10.1 Å². The van der Waals surface area contributed by atoms with Crippen molar-refractivity contribution < 1.29 is 0 Å². The summed E-state index contributed by atoms with van der Waals surface area (Å²) in [6.07, 6.45) is 3.87. The Morgan fingerprint density at radius 2 is 2.10 bits per heavy atom. The van der Waals surface area contributed by atoms with Gasteiger partial charge in [0, 0.05) is 28.7 Å². The zero-order valence-corrected chi connectivity index (χ0v) is 12.6. The van der Waals surface area contributed by atoms with Crippen LogP contribution in [0.4, 0.5) is 5.69 Å². The van der Waals surface area contributed by atoms with Gasteiger partial charge in [-0.2, -0.15) is 0 Å². The molecule has 3 rings (SSSR count). The third kappa shape index (κ3) is 2.62. The standard InChI is InChI=1S/C15H14ClN3S/c1-10-13(17)3-2-4-14(10)20-9-12-8-19-7-11(16)5-6-15(19)18-12/h2-8H,9,17H2,1H3. The van der Waals surface area contributed by atoms with E-state index in [-0.39, 0.29) is 0 Å². The van der Waals surface area contributed by atoms with Gasteiger partial charge in [0.1, 0.15) is 5.65 Å². The van der Waals surface area contributed by atoms with Gasteiger partial charge in [0.05, 0.1) is 10.7 Å².